The van der Waals surface area contributed by atoms with Crippen molar-refractivity contribution < 1.29 is 14.2 Å². The van der Waals surface area contributed by atoms with Crippen LogP contribution in [0, 0.1) is 17.8 Å². The lowest BCUT2D eigenvalue weighted by Gasteiger charge is -2.59. The number of aliphatic hydroxyl groups is 1. The van der Waals surface area contributed by atoms with Gasteiger partial charge in [0.05, 0.1) is 11.3 Å². The molecule has 0 aromatic heterocycles. The number of hydrogen-bond donors (Lipinski definition) is 1. The van der Waals surface area contributed by atoms with Gasteiger partial charge < -0.3 is 9.63 Å². The van der Waals surface area contributed by atoms with E-state index in [2.05, 4.69) is 0 Å². The van der Waals surface area contributed by atoms with E-state index in [1.807, 2.05) is 13.8 Å². The molecule has 128 valence electrons. The SMILES string of the molecule is CC(C)O[P@@](=O)([C@@H](O)C(Cl)(Cl)Cl)C12CC3CC(CC(C3)C1)C2. The van der Waals surface area contributed by atoms with Gasteiger partial charge in [0.2, 0.25) is 11.2 Å². The second-order valence-electron chi connectivity index (χ2n) is 7.81. The van der Waals surface area contributed by atoms with Gasteiger partial charge in [0.1, 0.15) is 0 Å². The van der Waals surface area contributed by atoms with Crippen molar-refractivity contribution in [1.82, 2.24) is 0 Å². The van der Waals surface area contributed by atoms with Crippen LogP contribution in [-0.4, -0.2) is 26.0 Å². The second-order valence-corrected chi connectivity index (χ2v) is 13.0. The third kappa shape index (κ3) is 2.89. The quantitative estimate of drug-likeness (QED) is 0.521. The van der Waals surface area contributed by atoms with Gasteiger partial charge in [0.15, 0.2) is 5.85 Å². The Balaban J connectivity index is 2.01. The van der Waals surface area contributed by atoms with Crippen LogP contribution >= 0.6 is 42.2 Å². The van der Waals surface area contributed by atoms with Crippen LogP contribution in [0.1, 0.15) is 52.4 Å². The Labute approximate surface area is 147 Å². The van der Waals surface area contributed by atoms with Crippen molar-refractivity contribution in [3.63, 3.8) is 0 Å². The van der Waals surface area contributed by atoms with Crippen LogP contribution in [0.5, 0.6) is 0 Å². The van der Waals surface area contributed by atoms with Crippen LogP contribution < -0.4 is 0 Å². The fourth-order valence-corrected chi connectivity index (χ4v) is 9.95. The number of aliphatic hydroxyl groups excluding tert-OH is 1. The molecule has 0 radical (unpaired) electrons. The number of halogens is 3. The Morgan fingerprint density at radius 2 is 1.50 bits per heavy atom. The molecule has 7 heteroatoms. The van der Waals surface area contributed by atoms with Crippen LogP contribution in [-0.2, 0) is 9.09 Å². The van der Waals surface area contributed by atoms with Crippen LogP contribution in [0.4, 0.5) is 0 Å². The fourth-order valence-electron chi connectivity index (χ4n) is 5.38. The van der Waals surface area contributed by atoms with E-state index in [1.54, 1.807) is 0 Å². The lowest BCUT2D eigenvalue weighted by molar-refractivity contribution is 0.0194. The smallest absolute Gasteiger partial charge is 0.241 e. The first-order valence-electron chi connectivity index (χ1n) is 8.09. The molecule has 3 nitrogen and oxygen atoms in total. The van der Waals surface area contributed by atoms with Crippen LogP contribution in [0.25, 0.3) is 0 Å². The second kappa shape index (κ2) is 5.78. The summed E-state index contributed by atoms with van der Waals surface area (Å²) in [5, 5.41) is 10.1. The Morgan fingerprint density at radius 1 is 1.09 bits per heavy atom. The zero-order valence-corrected chi connectivity index (χ0v) is 16.1. The molecule has 4 rings (SSSR count). The van der Waals surface area contributed by atoms with Gasteiger partial charge in [-0.15, -0.1) is 0 Å². The first kappa shape index (κ1) is 17.8. The predicted molar refractivity (Wildman–Crippen MR) is 91.0 cm³/mol. The molecule has 4 bridgehead atoms. The summed E-state index contributed by atoms with van der Waals surface area (Å²) in [6.07, 6.45) is 5.86. The summed E-state index contributed by atoms with van der Waals surface area (Å²) < 4.78 is 17.8. The molecule has 22 heavy (non-hydrogen) atoms. The van der Waals surface area contributed by atoms with Gasteiger partial charge in [0.25, 0.3) is 0 Å². The summed E-state index contributed by atoms with van der Waals surface area (Å²) in [5.41, 5.74) is 0. The molecule has 4 aliphatic rings. The minimum Gasteiger partial charge on any atom is -0.379 e. The first-order valence-corrected chi connectivity index (χ1v) is 10.9. The minimum absolute atomic E-state index is 0.277. The number of alkyl halides is 3. The van der Waals surface area contributed by atoms with Crippen LogP contribution in [0.2, 0.25) is 0 Å². The molecule has 4 fully saturated rings. The van der Waals surface area contributed by atoms with Crippen molar-refractivity contribution in [2.45, 2.75) is 73.3 Å². The Kier molecular flexibility index (Phi) is 4.69. The van der Waals surface area contributed by atoms with Gasteiger partial charge in [-0.3, -0.25) is 4.57 Å². The molecule has 0 aliphatic heterocycles. The summed E-state index contributed by atoms with van der Waals surface area (Å²) in [7, 11) is -3.53. The maximum atomic E-state index is 13.9. The average molecular weight is 390 g/mol. The maximum Gasteiger partial charge on any atom is 0.241 e. The standard InChI is InChI=1S/C15H24Cl3O3P/c1-9(2)21-22(20,13(19)15(16,17)18)14-6-10-3-11(7-14)5-12(4-10)8-14/h9-13,19H,3-8H2,1-2H3/t10?,11?,12?,13-,14?,22+/m1/s1. The van der Waals surface area contributed by atoms with Crippen molar-refractivity contribution in [1.29, 1.82) is 0 Å². The Hall–Kier alpha value is 1.02. The average Bonchev–Trinajstić information content (AvgIpc) is 2.33. The molecule has 4 aliphatic carbocycles. The van der Waals surface area contributed by atoms with E-state index < -0.39 is 22.2 Å². The lowest BCUT2D eigenvalue weighted by Crippen LogP contribution is -2.53. The summed E-state index contributed by atoms with van der Waals surface area (Å²) in [4.78, 5) is 0. The molecule has 0 aromatic carbocycles. The van der Waals surface area contributed by atoms with Crippen molar-refractivity contribution >= 4 is 42.2 Å². The van der Waals surface area contributed by atoms with Crippen molar-refractivity contribution in [3.8, 4) is 0 Å². The van der Waals surface area contributed by atoms with E-state index in [0.29, 0.717) is 17.8 Å². The molecule has 0 aromatic rings. The molecule has 4 saturated carbocycles. The van der Waals surface area contributed by atoms with Gasteiger partial charge in [0, 0.05) is 0 Å². The monoisotopic (exact) mass is 388 g/mol. The van der Waals surface area contributed by atoms with Gasteiger partial charge in [-0.25, -0.2) is 0 Å². The zero-order chi connectivity index (χ0) is 16.3. The lowest BCUT2D eigenvalue weighted by atomic mass is 9.56. The van der Waals surface area contributed by atoms with Gasteiger partial charge in [-0.05, 0) is 70.1 Å². The fraction of sp³-hybridized carbons (Fsp3) is 1.00. The van der Waals surface area contributed by atoms with E-state index in [-0.39, 0.29) is 6.10 Å². The van der Waals surface area contributed by atoms with Crippen molar-refractivity contribution in [3.05, 3.63) is 0 Å². The third-order valence-corrected chi connectivity index (χ3v) is 10.4. The maximum absolute atomic E-state index is 13.9. The molecule has 0 saturated heterocycles. The highest BCUT2D eigenvalue weighted by Crippen LogP contribution is 2.76. The van der Waals surface area contributed by atoms with Gasteiger partial charge >= 0.3 is 0 Å². The highest BCUT2D eigenvalue weighted by Gasteiger charge is 2.65. The first-order chi connectivity index (χ1) is 10.1. The van der Waals surface area contributed by atoms with Gasteiger partial charge in [-0.2, -0.15) is 0 Å². The third-order valence-electron chi connectivity index (χ3n) is 5.65. The summed E-state index contributed by atoms with van der Waals surface area (Å²) in [6, 6.07) is 0. The minimum atomic E-state index is -3.53. The topological polar surface area (TPSA) is 46.5 Å². The zero-order valence-electron chi connectivity index (χ0n) is 13.0. The van der Waals surface area contributed by atoms with Crippen LogP contribution in [0.3, 0.4) is 0 Å². The highest BCUT2D eigenvalue weighted by atomic mass is 35.6. The van der Waals surface area contributed by atoms with Crippen LogP contribution in [0.15, 0.2) is 0 Å². The molecular formula is C15H24Cl3O3P. The molecular weight excluding hydrogens is 365 g/mol. The Morgan fingerprint density at radius 3 is 1.82 bits per heavy atom. The summed E-state index contributed by atoms with van der Waals surface area (Å²) in [5.74, 6) is 0.178. The molecule has 0 amide bonds. The Bertz CT molecular complexity index is 454. The summed E-state index contributed by atoms with van der Waals surface area (Å²) in [6.45, 7) is 3.64. The highest BCUT2D eigenvalue weighted by molar-refractivity contribution is 7.61. The van der Waals surface area contributed by atoms with Crippen molar-refractivity contribution in [2.24, 2.45) is 17.8 Å². The largest absolute Gasteiger partial charge is 0.379 e. The predicted octanol–water partition coefficient (Wildman–Crippen LogP) is 5.35. The molecule has 2 atom stereocenters. The number of rotatable bonds is 4. The number of hydrogen-bond acceptors (Lipinski definition) is 3. The van der Waals surface area contributed by atoms with E-state index >= 15 is 0 Å². The molecule has 0 heterocycles. The molecule has 1 N–H and O–H groups in total. The normalized spacial score (nSPS) is 41.7. The van der Waals surface area contributed by atoms with E-state index in [1.165, 1.54) is 19.3 Å². The summed E-state index contributed by atoms with van der Waals surface area (Å²) >= 11 is 17.8. The van der Waals surface area contributed by atoms with Crippen molar-refractivity contribution in [2.75, 3.05) is 0 Å². The van der Waals surface area contributed by atoms with Gasteiger partial charge in [-0.1, -0.05) is 34.8 Å². The van der Waals surface area contributed by atoms with E-state index in [9.17, 15) is 9.67 Å². The van der Waals surface area contributed by atoms with E-state index in [0.717, 1.165) is 19.3 Å². The molecule has 0 unspecified atom stereocenters. The van der Waals surface area contributed by atoms with E-state index in [4.69, 9.17) is 39.3 Å². The molecule has 0 spiro atoms.